The number of nitrogens with one attached hydrogen (secondary N) is 2. The molecule has 0 saturated carbocycles. The number of oxazole rings is 1. The molecule has 2 amide bonds. The van der Waals surface area contributed by atoms with Crippen LogP contribution in [0.3, 0.4) is 0 Å². The molecule has 2 unspecified atom stereocenters. The Hall–Kier alpha value is -2.02. The van der Waals surface area contributed by atoms with Gasteiger partial charge in [-0.1, -0.05) is 30.8 Å². The van der Waals surface area contributed by atoms with Crippen LogP contribution in [-0.2, 0) is 9.59 Å². The Kier molecular flexibility index (Phi) is 5.43. The van der Waals surface area contributed by atoms with E-state index in [0.717, 1.165) is 5.52 Å². The summed E-state index contributed by atoms with van der Waals surface area (Å²) in [7, 11) is 3.12. The SMILES string of the molecule is CCC(C(=O)NC)C(Sc1nc2ccccc2o1)C(=O)NC. The van der Waals surface area contributed by atoms with Gasteiger partial charge in [-0.3, -0.25) is 9.59 Å². The van der Waals surface area contributed by atoms with E-state index in [1.54, 1.807) is 14.1 Å². The van der Waals surface area contributed by atoms with Crippen molar-refractivity contribution >= 4 is 34.7 Å². The van der Waals surface area contributed by atoms with Crippen molar-refractivity contribution in [3.8, 4) is 0 Å². The van der Waals surface area contributed by atoms with E-state index < -0.39 is 11.2 Å². The fourth-order valence-electron chi connectivity index (χ4n) is 2.19. The van der Waals surface area contributed by atoms with Crippen molar-refractivity contribution in [1.82, 2.24) is 15.6 Å². The molecule has 118 valence electrons. The Labute approximate surface area is 133 Å². The summed E-state index contributed by atoms with van der Waals surface area (Å²) in [5.74, 6) is -0.840. The van der Waals surface area contributed by atoms with Crippen LogP contribution in [-0.4, -0.2) is 36.1 Å². The number of rotatable bonds is 6. The van der Waals surface area contributed by atoms with E-state index in [-0.39, 0.29) is 11.8 Å². The Bertz CT molecular complexity index is 638. The first kappa shape index (κ1) is 16.4. The minimum Gasteiger partial charge on any atom is -0.431 e. The first-order valence-electron chi connectivity index (χ1n) is 7.06. The van der Waals surface area contributed by atoms with Crippen LogP contribution < -0.4 is 10.6 Å². The number of carbonyl (C=O) groups excluding carboxylic acids is 2. The maximum absolute atomic E-state index is 12.2. The van der Waals surface area contributed by atoms with Gasteiger partial charge < -0.3 is 15.1 Å². The Morgan fingerprint density at radius 3 is 2.50 bits per heavy atom. The average molecular weight is 321 g/mol. The van der Waals surface area contributed by atoms with Gasteiger partial charge >= 0.3 is 0 Å². The molecule has 0 aliphatic rings. The van der Waals surface area contributed by atoms with E-state index in [2.05, 4.69) is 15.6 Å². The van der Waals surface area contributed by atoms with Gasteiger partial charge in [0.1, 0.15) is 10.8 Å². The molecule has 2 N–H and O–H groups in total. The maximum Gasteiger partial charge on any atom is 0.257 e. The van der Waals surface area contributed by atoms with Gasteiger partial charge in [0.2, 0.25) is 11.8 Å². The summed E-state index contributed by atoms with van der Waals surface area (Å²) in [5, 5.41) is 5.00. The highest BCUT2D eigenvalue weighted by atomic mass is 32.2. The van der Waals surface area contributed by atoms with E-state index in [1.165, 1.54) is 11.8 Å². The second-order valence-electron chi connectivity index (χ2n) is 4.73. The number of hydrogen-bond donors (Lipinski definition) is 2. The molecule has 0 aliphatic heterocycles. The Balaban J connectivity index is 2.29. The second-order valence-corrected chi connectivity index (χ2v) is 5.82. The molecule has 2 aromatic rings. The molecule has 6 nitrogen and oxygen atoms in total. The van der Waals surface area contributed by atoms with Gasteiger partial charge in [-0.15, -0.1) is 0 Å². The Morgan fingerprint density at radius 2 is 1.91 bits per heavy atom. The lowest BCUT2D eigenvalue weighted by Gasteiger charge is -2.21. The molecule has 0 fully saturated rings. The van der Waals surface area contributed by atoms with Gasteiger partial charge in [-0.2, -0.15) is 0 Å². The molecule has 7 heteroatoms. The van der Waals surface area contributed by atoms with Crippen molar-refractivity contribution in [1.29, 1.82) is 0 Å². The summed E-state index contributed by atoms with van der Waals surface area (Å²) in [5.41, 5.74) is 1.39. The molecule has 0 saturated heterocycles. The fourth-order valence-corrected chi connectivity index (χ4v) is 3.40. The van der Waals surface area contributed by atoms with Gasteiger partial charge in [-0.05, 0) is 18.6 Å². The van der Waals surface area contributed by atoms with Gasteiger partial charge in [0.25, 0.3) is 5.22 Å². The predicted octanol–water partition coefficient (Wildman–Crippen LogP) is 1.81. The first-order valence-corrected chi connectivity index (χ1v) is 7.94. The third-order valence-corrected chi connectivity index (χ3v) is 4.57. The summed E-state index contributed by atoms with van der Waals surface area (Å²) in [6, 6.07) is 7.39. The molecule has 0 aliphatic carbocycles. The van der Waals surface area contributed by atoms with Gasteiger partial charge in [-0.25, -0.2) is 4.98 Å². The van der Waals surface area contributed by atoms with E-state index in [4.69, 9.17) is 4.42 Å². The molecule has 2 atom stereocenters. The van der Waals surface area contributed by atoms with Crippen LogP contribution in [0.5, 0.6) is 0 Å². The van der Waals surface area contributed by atoms with Crippen LogP contribution in [0, 0.1) is 5.92 Å². The van der Waals surface area contributed by atoms with Crippen LogP contribution in [0.2, 0.25) is 0 Å². The topological polar surface area (TPSA) is 84.2 Å². The fraction of sp³-hybridized carbons (Fsp3) is 0.400. The summed E-state index contributed by atoms with van der Waals surface area (Å²) < 4.78 is 5.64. The molecule has 2 rings (SSSR count). The van der Waals surface area contributed by atoms with Crippen LogP contribution in [0.25, 0.3) is 11.1 Å². The molecule has 1 heterocycles. The monoisotopic (exact) mass is 321 g/mol. The van der Waals surface area contributed by atoms with Crippen LogP contribution >= 0.6 is 11.8 Å². The zero-order valence-corrected chi connectivity index (χ0v) is 13.6. The van der Waals surface area contributed by atoms with Gasteiger partial charge in [0.15, 0.2) is 5.58 Å². The lowest BCUT2D eigenvalue weighted by atomic mass is 10.0. The predicted molar refractivity (Wildman–Crippen MR) is 85.6 cm³/mol. The number of aromatic nitrogens is 1. The molecule has 1 aromatic heterocycles. The number of benzene rings is 1. The first-order chi connectivity index (χ1) is 10.6. The van der Waals surface area contributed by atoms with E-state index in [9.17, 15) is 9.59 Å². The summed E-state index contributed by atoms with van der Waals surface area (Å²) in [4.78, 5) is 28.5. The lowest BCUT2D eigenvalue weighted by molar-refractivity contribution is -0.129. The normalized spacial score (nSPS) is 13.6. The Morgan fingerprint density at radius 1 is 1.23 bits per heavy atom. The quantitative estimate of drug-likeness (QED) is 0.793. The highest BCUT2D eigenvalue weighted by Gasteiger charge is 2.33. The van der Waals surface area contributed by atoms with Crippen LogP contribution in [0.4, 0.5) is 0 Å². The van der Waals surface area contributed by atoms with E-state index in [1.807, 2.05) is 31.2 Å². The number of nitrogens with zero attached hydrogens (tertiary/aromatic N) is 1. The molecular weight excluding hydrogens is 302 g/mol. The third kappa shape index (κ3) is 3.41. The zero-order valence-electron chi connectivity index (χ0n) is 12.8. The van der Waals surface area contributed by atoms with Crippen molar-refractivity contribution in [3.05, 3.63) is 24.3 Å². The smallest absolute Gasteiger partial charge is 0.257 e. The lowest BCUT2D eigenvalue weighted by Crippen LogP contribution is -2.42. The average Bonchev–Trinajstić information content (AvgIpc) is 2.95. The number of hydrogen-bond acceptors (Lipinski definition) is 5. The minimum atomic E-state index is -0.594. The van der Waals surface area contributed by atoms with Crippen molar-refractivity contribution < 1.29 is 14.0 Å². The number of carbonyl (C=O) groups is 2. The van der Waals surface area contributed by atoms with Crippen LogP contribution in [0.1, 0.15) is 13.3 Å². The summed E-state index contributed by atoms with van der Waals surface area (Å²) in [6.07, 6.45) is 0.547. The second kappa shape index (κ2) is 7.31. The van der Waals surface area contributed by atoms with E-state index in [0.29, 0.717) is 17.2 Å². The van der Waals surface area contributed by atoms with Crippen molar-refractivity contribution in [2.24, 2.45) is 5.92 Å². The number of para-hydroxylation sites is 2. The molecular formula is C15H19N3O3S. The largest absolute Gasteiger partial charge is 0.431 e. The zero-order chi connectivity index (χ0) is 16.1. The molecule has 1 aromatic carbocycles. The van der Waals surface area contributed by atoms with Crippen molar-refractivity contribution in [3.63, 3.8) is 0 Å². The summed E-state index contributed by atoms with van der Waals surface area (Å²) in [6.45, 7) is 1.88. The summed E-state index contributed by atoms with van der Waals surface area (Å²) >= 11 is 1.17. The third-order valence-electron chi connectivity index (χ3n) is 3.40. The van der Waals surface area contributed by atoms with Gasteiger partial charge in [0.05, 0.1) is 5.92 Å². The highest BCUT2D eigenvalue weighted by Crippen LogP contribution is 2.31. The van der Waals surface area contributed by atoms with Crippen molar-refractivity contribution in [2.75, 3.05) is 14.1 Å². The van der Waals surface area contributed by atoms with Crippen LogP contribution in [0.15, 0.2) is 33.9 Å². The standard InChI is InChI=1S/C15H19N3O3S/c1-4-9(13(19)16-2)12(14(20)17-3)22-15-18-10-7-5-6-8-11(10)21-15/h5-9,12H,4H2,1-3H3,(H,16,19)(H,17,20). The van der Waals surface area contributed by atoms with Gasteiger partial charge in [0, 0.05) is 14.1 Å². The van der Waals surface area contributed by atoms with E-state index >= 15 is 0 Å². The maximum atomic E-state index is 12.2. The highest BCUT2D eigenvalue weighted by molar-refractivity contribution is 8.00. The number of thioether (sulfide) groups is 1. The molecule has 0 radical (unpaired) electrons. The number of fused-ring (bicyclic) bond motifs is 1. The molecule has 22 heavy (non-hydrogen) atoms. The molecule has 0 bridgehead atoms. The minimum absolute atomic E-state index is 0.167. The molecule has 0 spiro atoms. The number of amides is 2. The van der Waals surface area contributed by atoms with Crippen molar-refractivity contribution in [2.45, 2.75) is 23.8 Å².